The third kappa shape index (κ3) is 2.91. The standard InChI is InChI=1S/C13H19NO3S/c1-2-14(10-5-7-17-8-6-10)13-4-3-12(18-13)11(16)9-15/h3-4,10,15H,2,5-9H2,1H3. The molecule has 1 N–H and O–H groups in total. The van der Waals surface area contributed by atoms with Gasteiger partial charge in [0.1, 0.15) is 6.61 Å². The molecule has 0 amide bonds. The molecular weight excluding hydrogens is 250 g/mol. The lowest BCUT2D eigenvalue weighted by Crippen LogP contribution is -2.38. The molecule has 0 unspecified atom stereocenters. The third-order valence-corrected chi connectivity index (χ3v) is 4.43. The minimum atomic E-state index is -0.413. The van der Waals surface area contributed by atoms with Gasteiger partial charge in [-0.2, -0.15) is 0 Å². The van der Waals surface area contributed by atoms with Crippen molar-refractivity contribution in [3.05, 3.63) is 17.0 Å². The Morgan fingerprint density at radius 1 is 1.50 bits per heavy atom. The number of carbonyl (C=O) groups excluding carboxylic acids is 1. The summed E-state index contributed by atoms with van der Waals surface area (Å²) in [5, 5.41) is 9.98. The number of hydrogen-bond donors (Lipinski definition) is 1. The van der Waals surface area contributed by atoms with Crippen LogP contribution < -0.4 is 4.90 Å². The van der Waals surface area contributed by atoms with E-state index in [9.17, 15) is 4.79 Å². The van der Waals surface area contributed by atoms with E-state index in [0.717, 1.165) is 37.6 Å². The largest absolute Gasteiger partial charge is 0.388 e. The Labute approximate surface area is 111 Å². The number of rotatable bonds is 5. The summed E-state index contributed by atoms with van der Waals surface area (Å²) in [6.45, 7) is 4.27. The van der Waals surface area contributed by atoms with E-state index in [1.54, 1.807) is 6.07 Å². The number of carbonyl (C=O) groups is 1. The van der Waals surface area contributed by atoms with Gasteiger partial charge >= 0.3 is 0 Å². The van der Waals surface area contributed by atoms with Gasteiger partial charge in [0, 0.05) is 25.8 Å². The number of nitrogens with zero attached hydrogens (tertiary/aromatic N) is 1. The smallest absolute Gasteiger partial charge is 0.198 e. The second-order valence-corrected chi connectivity index (χ2v) is 5.41. The average Bonchev–Trinajstić information content (AvgIpc) is 2.89. The van der Waals surface area contributed by atoms with Gasteiger partial charge in [0.05, 0.1) is 9.88 Å². The molecule has 1 saturated heterocycles. The van der Waals surface area contributed by atoms with Crippen LogP contribution in [-0.2, 0) is 4.74 Å². The number of Topliss-reactive ketones (excluding diaryl/α,β-unsaturated/α-hetero) is 1. The molecule has 0 saturated carbocycles. The van der Waals surface area contributed by atoms with E-state index in [4.69, 9.17) is 9.84 Å². The number of ether oxygens (including phenoxy) is 1. The summed E-state index contributed by atoms with van der Waals surface area (Å²) in [7, 11) is 0. The van der Waals surface area contributed by atoms with Crippen molar-refractivity contribution in [2.45, 2.75) is 25.8 Å². The van der Waals surface area contributed by atoms with Crippen LogP contribution in [0.4, 0.5) is 5.00 Å². The highest BCUT2D eigenvalue weighted by atomic mass is 32.1. The van der Waals surface area contributed by atoms with Crippen LogP contribution in [0, 0.1) is 0 Å². The molecule has 0 radical (unpaired) electrons. The van der Waals surface area contributed by atoms with E-state index in [-0.39, 0.29) is 5.78 Å². The Morgan fingerprint density at radius 3 is 2.83 bits per heavy atom. The van der Waals surface area contributed by atoms with Crippen LogP contribution in [0.5, 0.6) is 0 Å². The van der Waals surface area contributed by atoms with Gasteiger partial charge < -0.3 is 14.7 Å². The molecule has 0 atom stereocenters. The number of aliphatic hydroxyl groups is 1. The summed E-state index contributed by atoms with van der Waals surface area (Å²) in [5.41, 5.74) is 0. The van der Waals surface area contributed by atoms with Gasteiger partial charge in [-0.3, -0.25) is 4.79 Å². The predicted octanol–water partition coefficient (Wildman–Crippen LogP) is 1.93. The van der Waals surface area contributed by atoms with Crippen LogP contribution in [0.3, 0.4) is 0 Å². The lowest BCUT2D eigenvalue weighted by atomic mass is 10.1. The highest BCUT2D eigenvalue weighted by Crippen LogP contribution is 2.30. The Balaban J connectivity index is 2.11. The zero-order chi connectivity index (χ0) is 13.0. The van der Waals surface area contributed by atoms with Crippen LogP contribution in [0.25, 0.3) is 0 Å². The first kappa shape index (κ1) is 13.5. The van der Waals surface area contributed by atoms with E-state index in [0.29, 0.717) is 10.9 Å². The monoisotopic (exact) mass is 269 g/mol. The Morgan fingerprint density at radius 2 is 2.22 bits per heavy atom. The number of anilines is 1. The van der Waals surface area contributed by atoms with Crippen LogP contribution >= 0.6 is 11.3 Å². The lowest BCUT2D eigenvalue weighted by Gasteiger charge is -2.34. The van der Waals surface area contributed by atoms with Crippen molar-refractivity contribution in [2.24, 2.45) is 0 Å². The topological polar surface area (TPSA) is 49.8 Å². The minimum Gasteiger partial charge on any atom is -0.388 e. The number of aliphatic hydroxyl groups excluding tert-OH is 1. The third-order valence-electron chi connectivity index (χ3n) is 3.27. The molecular formula is C13H19NO3S. The van der Waals surface area contributed by atoms with E-state index in [1.165, 1.54) is 11.3 Å². The van der Waals surface area contributed by atoms with E-state index < -0.39 is 6.61 Å². The fourth-order valence-electron chi connectivity index (χ4n) is 2.30. The van der Waals surface area contributed by atoms with Crippen molar-refractivity contribution in [1.82, 2.24) is 0 Å². The molecule has 18 heavy (non-hydrogen) atoms. The zero-order valence-electron chi connectivity index (χ0n) is 10.6. The number of ketones is 1. The van der Waals surface area contributed by atoms with Crippen LogP contribution in [-0.4, -0.2) is 43.3 Å². The second kappa shape index (κ2) is 6.31. The van der Waals surface area contributed by atoms with E-state index >= 15 is 0 Å². The van der Waals surface area contributed by atoms with Crippen LogP contribution in [0.1, 0.15) is 29.4 Å². The van der Waals surface area contributed by atoms with Crippen molar-refractivity contribution in [2.75, 3.05) is 31.3 Å². The quantitative estimate of drug-likeness (QED) is 0.830. The van der Waals surface area contributed by atoms with Gasteiger partial charge in [0.2, 0.25) is 0 Å². The molecule has 4 nitrogen and oxygen atoms in total. The average molecular weight is 269 g/mol. The van der Waals surface area contributed by atoms with Crippen LogP contribution in [0.2, 0.25) is 0 Å². The molecule has 1 aliphatic heterocycles. The van der Waals surface area contributed by atoms with Gasteiger partial charge in [0.25, 0.3) is 0 Å². The maximum absolute atomic E-state index is 11.4. The minimum absolute atomic E-state index is 0.200. The molecule has 1 fully saturated rings. The Kier molecular flexibility index (Phi) is 4.74. The van der Waals surface area contributed by atoms with Gasteiger partial charge in [-0.25, -0.2) is 0 Å². The number of hydrogen-bond acceptors (Lipinski definition) is 5. The first-order valence-corrected chi connectivity index (χ1v) is 7.16. The van der Waals surface area contributed by atoms with Gasteiger partial charge in [-0.05, 0) is 31.9 Å². The van der Waals surface area contributed by atoms with Gasteiger partial charge in [-0.15, -0.1) is 11.3 Å². The number of thiophene rings is 1. The maximum atomic E-state index is 11.4. The van der Waals surface area contributed by atoms with Crippen molar-refractivity contribution < 1.29 is 14.6 Å². The van der Waals surface area contributed by atoms with E-state index in [2.05, 4.69) is 11.8 Å². The molecule has 0 aliphatic carbocycles. The second-order valence-electron chi connectivity index (χ2n) is 4.35. The highest BCUT2D eigenvalue weighted by molar-refractivity contribution is 7.18. The van der Waals surface area contributed by atoms with Crippen LogP contribution in [0.15, 0.2) is 12.1 Å². The summed E-state index contributed by atoms with van der Waals surface area (Å²) < 4.78 is 5.38. The first-order chi connectivity index (χ1) is 8.76. The molecule has 0 aromatic carbocycles. The Hall–Kier alpha value is -0.910. The highest BCUT2D eigenvalue weighted by Gasteiger charge is 2.22. The molecule has 2 rings (SSSR count). The summed E-state index contributed by atoms with van der Waals surface area (Å²) >= 11 is 1.47. The lowest BCUT2D eigenvalue weighted by molar-refractivity contribution is 0.0847. The first-order valence-electron chi connectivity index (χ1n) is 6.34. The van der Waals surface area contributed by atoms with Gasteiger partial charge in [-0.1, -0.05) is 0 Å². The zero-order valence-corrected chi connectivity index (χ0v) is 11.4. The summed E-state index contributed by atoms with van der Waals surface area (Å²) in [6.07, 6.45) is 2.07. The maximum Gasteiger partial charge on any atom is 0.198 e. The summed E-state index contributed by atoms with van der Waals surface area (Å²) in [4.78, 5) is 14.4. The Bertz CT molecular complexity index is 399. The summed E-state index contributed by atoms with van der Waals surface area (Å²) in [6, 6.07) is 4.28. The molecule has 0 bridgehead atoms. The molecule has 0 spiro atoms. The normalized spacial score (nSPS) is 16.8. The SMILES string of the molecule is CCN(c1ccc(C(=O)CO)s1)C1CCOCC1. The van der Waals surface area contributed by atoms with Crippen molar-refractivity contribution in [3.8, 4) is 0 Å². The fourth-order valence-corrected chi connectivity index (χ4v) is 3.37. The predicted molar refractivity (Wildman–Crippen MR) is 72.6 cm³/mol. The van der Waals surface area contributed by atoms with Crippen molar-refractivity contribution >= 4 is 22.1 Å². The summed E-state index contributed by atoms with van der Waals surface area (Å²) in [5.74, 6) is -0.200. The molecule has 5 heteroatoms. The van der Waals surface area contributed by atoms with Gasteiger partial charge in [0.15, 0.2) is 5.78 Å². The fraction of sp³-hybridized carbons (Fsp3) is 0.615. The molecule has 2 heterocycles. The van der Waals surface area contributed by atoms with Crippen molar-refractivity contribution in [1.29, 1.82) is 0 Å². The molecule has 1 aromatic rings. The van der Waals surface area contributed by atoms with E-state index in [1.807, 2.05) is 6.07 Å². The molecule has 100 valence electrons. The molecule has 1 aromatic heterocycles. The molecule has 1 aliphatic rings. The van der Waals surface area contributed by atoms with Crippen molar-refractivity contribution in [3.63, 3.8) is 0 Å².